The van der Waals surface area contributed by atoms with Crippen LogP contribution in [-0.4, -0.2) is 0 Å². The predicted molar refractivity (Wildman–Crippen MR) is 249 cm³/mol. The van der Waals surface area contributed by atoms with Crippen LogP contribution in [0.4, 0.5) is 11.4 Å². The SMILES string of the molecule is CC1C2=C3C(C)(c4ccccc4N(c4ccc(-c5cc6ccccc6c6ccccc56)cc4)C3(C)c3c(sc4ccccc34)C2C)c2c1oc1c2ccc2ccccc21. The summed E-state index contributed by atoms with van der Waals surface area (Å²) in [5, 5.41) is 10.1. The predicted octanol–water partition coefficient (Wildman–Crippen LogP) is 15.7. The van der Waals surface area contributed by atoms with Crippen molar-refractivity contribution in [3.63, 3.8) is 0 Å². The van der Waals surface area contributed by atoms with Crippen molar-refractivity contribution < 1.29 is 4.42 Å². The Hall–Kier alpha value is -6.42. The Morgan fingerprint density at radius 2 is 1.22 bits per heavy atom. The molecule has 0 N–H and O–H groups in total. The zero-order valence-corrected chi connectivity index (χ0v) is 34.3. The number of anilines is 2. The Bertz CT molecular complexity index is 3470. The minimum atomic E-state index is -0.510. The van der Waals surface area contributed by atoms with Crippen molar-refractivity contribution in [2.45, 2.75) is 50.5 Å². The number of para-hydroxylation sites is 1. The van der Waals surface area contributed by atoms with Crippen LogP contribution in [0.3, 0.4) is 0 Å². The van der Waals surface area contributed by atoms with E-state index in [0.717, 1.165) is 11.3 Å². The average Bonchev–Trinajstić information content (AvgIpc) is 3.89. The molecular weight excluding hydrogens is 735 g/mol. The van der Waals surface area contributed by atoms with Gasteiger partial charge in [-0.3, -0.25) is 0 Å². The summed E-state index contributed by atoms with van der Waals surface area (Å²) in [4.78, 5) is 4.18. The molecule has 3 heteroatoms. The summed E-state index contributed by atoms with van der Waals surface area (Å²) in [5.74, 6) is 1.45. The first-order chi connectivity index (χ1) is 28.9. The van der Waals surface area contributed by atoms with Crippen LogP contribution in [0.1, 0.15) is 66.9 Å². The average molecular weight is 776 g/mol. The van der Waals surface area contributed by atoms with E-state index in [-0.39, 0.29) is 11.8 Å². The van der Waals surface area contributed by atoms with Crippen LogP contribution in [0, 0.1) is 0 Å². The van der Waals surface area contributed by atoms with E-state index in [0.29, 0.717) is 0 Å². The van der Waals surface area contributed by atoms with E-state index in [4.69, 9.17) is 4.42 Å². The Kier molecular flexibility index (Phi) is 6.60. The largest absolute Gasteiger partial charge is 0.459 e. The van der Waals surface area contributed by atoms with E-state index in [2.05, 4.69) is 196 Å². The van der Waals surface area contributed by atoms with Gasteiger partial charge in [0, 0.05) is 60.1 Å². The van der Waals surface area contributed by atoms with E-state index >= 15 is 0 Å². The highest BCUT2D eigenvalue weighted by Crippen LogP contribution is 2.70. The third-order valence-corrected chi connectivity index (χ3v) is 15.9. The number of hydrogen-bond acceptors (Lipinski definition) is 3. The molecule has 1 aliphatic heterocycles. The number of rotatable bonds is 2. The molecule has 0 bridgehead atoms. The number of nitrogens with zero attached hydrogens (tertiary/aromatic N) is 1. The van der Waals surface area contributed by atoms with Crippen LogP contribution >= 0.6 is 11.3 Å². The van der Waals surface area contributed by atoms with Gasteiger partial charge in [-0.05, 0) is 104 Å². The van der Waals surface area contributed by atoms with Crippen LogP contribution in [-0.2, 0) is 11.0 Å². The standard InChI is InChI=1S/C56H41NOS/c1-32-48-33(2)53-50(42-21-11-14-24-47(42)59-53)56(4)54(48)55(3,49-43-30-27-34-15-5-8-18-39(34)52(43)58-51(32)49)45-22-12-13-23-46(45)57(56)37-28-25-35(26-29-37)44-31-36-16-6-7-17-38(36)40-19-9-10-20-41(40)44/h5-33H,1-4H3. The first kappa shape index (κ1) is 33.5. The number of fused-ring (bicyclic) bond motifs is 15. The maximum atomic E-state index is 7.24. The van der Waals surface area contributed by atoms with Gasteiger partial charge in [0.1, 0.15) is 11.3 Å². The van der Waals surface area contributed by atoms with E-state index in [1.807, 2.05) is 11.3 Å². The Morgan fingerprint density at radius 1 is 0.559 bits per heavy atom. The lowest BCUT2D eigenvalue weighted by Crippen LogP contribution is -2.57. The molecule has 4 atom stereocenters. The topological polar surface area (TPSA) is 16.4 Å². The fraction of sp³-hybridized carbons (Fsp3) is 0.143. The summed E-state index contributed by atoms with van der Waals surface area (Å²) in [5.41, 5.74) is 12.1. The highest BCUT2D eigenvalue weighted by atomic mass is 32.1. The zero-order valence-electron chi connectivity index (χ0n) is 33.5. The van der Waals surface area contributed by atoms with Crippen molar-refractivity contribution in [1.29, 1.82) is 0 Å². The lowest BCUT2D eigenvalue weighted by Gasteiger charge is -2.60. The second-order valence-corrected chi connectivity index (χ2v) is 18.5. The first-order valence-electron chi connectivity index (χ1n) is 21.0. The molecule has 3 aliphatic rings. The van der Waals surface area contributed by atoms with Crippen LogP contribution < -0.4 is 4.90 Å². The van der Waals surface area contributed by atoms with E-state index in [9.17, 15) is 0 Å². The Balaban J connectivity index is 1.11. The molecule has 13 rings (SSSR count). The number of hydrogen-bond donors (Lipinski definition) is 0. The monoisotopic (exact) mass is 775 g/mol. The number of allylic oxidation sites excluding steroid dienone is 1. The Morgan fingerprint density at radius 3 is 2.03 bits per heavy atom. The molecule has 59 heavy (non-hydrogen) atoms. The fourth-order valence-corrected chi connectivity index (χ4v) is 13.6. The van der Waals surface area contributed by atoms with Crippen molar-refractivity contribution in [2.24, 2.45) is 0 Å². The van der Waals surface area contributed by atoms with Gasteiger partial charge in [0.05, 0.1) is 5.54 Å². The fourth-order valence-electron chi connectivity index (χ4n) is 12.2. The van der Waals surface area contributed by atoms with Crippen LogP contribution in [0.5, 0.6) is 0 Å². The van der Waals surface area contributed by atoms with Crippen molar-refractivity contribution in [2.75, 3.05) is 4.90 Å². The van der Waals surface area contributed by atoms with Gasteiger partial charge in [0.25, 0.3) is 0 Å². The normalized spacial score (nSPS) is 21.9. The summed E-state index contributed by atoms with van der Waals surface area (Å²) in [7, 11) is 0. The molecule has 4 unspecified atom stereocenters. The summed E-state index contributed by atoms with van der Waals surface area (Å²) >= 11 is 1.98. The van der Waals surface area contributed by atoms with E-state index in [1.165, 1.54) is 103 Å². The molecule has 2 nitrogen and oxygen atoms in total. The Labute approximate surface area is 347 Å². The lowest BCUT2D eigenvalue weighted by molar-refractivity contribution is 0.388. The van der Waals surface area contributed by atoms with Gasteiger partial charge in [-0.25, -0.2) is 0 Å². The molecule has 282 valence electrons. The lowest BCUT2D eigenvalue weighted by atomic mass is 9.50. The third kappa shape index (κ3) is 4.11. The van der Waals surface area contributed by atoms with Crippen molar-refractivity contribution >= 4 is 76.1 Å². The summed E-state index contributed by atoms with van der Waals surface area (Å²) in [6.07, 6.45) is 0. The molecule has 3 heterocycles. The second-order valence-electron chi connectivity index (χ2n) is 17.4. The summed E-state index contributed by atoms with van der Waals surface area (Å²) < 4.78 is 8.60. The van der Waals surface area contributed by atoms with Gasteiger partial charge < -0.3 is 9.32 Å². The molecule has 2 aliphatic carbocycles. The van der Waals surface area contributed by atoms with Gasteiger partial charge in [0.15, 0.2) is 0 Å². The molecule has 8 aromatic carbocycles. The molecule has 2 aromatic heterocycles. The van der Waals surface area contributed by atoms with E-state index in [1.54, 1.807) is 0 Å². The smallest absolute Gasteiger partial charge is 0.142 e. The van der Waals surface area contributed by atoms with Crippen LogP contribution in [0.15, 0.2) is 179 Å². The quantitative estimate of drug-likeness (QED) is 0.128. The molecule has 0 fully saturated rings. The van der Waals surface area contributed by atoms with Gasteiger partial charge in [0.2, 0.25) is 0 Å². The molecular formula is C56H41NOS. The summed E-state index contributed by atoms with van der Waals surface area (Å²) in [6.45, 7) is 9.93. The number of thiophene rings is 1. The zero-order chi connectivity index (χ0) is 39.4. The molecule has 0 radical (unpaired) electrons. The molecule has 0 saturated carbocycles. The maximum absolute atomic E-state index is 7.24. The van der Waals surface area contributed by atoms with Crippen LogP contribution in [0.2, 0.25) is 0 Å². The maximum Gasteiger partial charge on any atom is 0.142 e. The van der Waals surface area contributed by atoms with Gasteiger partial charge in [-0.1, -0.05) is 147 Å². The van der Waals surface area contributed by atoms with Crippen molar-refractivity contribution in [3.05, 3.63) is 202 Å². The molecule has 10 aromatic rings. The van der Waals surface area contributed by atoms with Crippen molar-refractivity contribution in [3.8, 4) is 11.1 Å². The van der Waals surface area contributed by atoms with Gasteiger partial charge in [-0.15, -0.1) is 11.3 Å². The van der Waals surface area contributed by atoms with Gasteiger partial charge >= 0.3 is 0 Å². The highest BCUT2D eigenvalue weighted by molar-refractivity contribution is 7.19. The summed E-state index contributed by atoms with van der Waals surface area (Å²) in [6, 6.07) is 61.2. The van der Waals surface area contributed by atoms with E-state index < -0.39 is 11.0 Å². The number of furan rings is 1. The number of benzene rings is 8. The molecule has 0 spiro atoms. The molecule has 0 saturated heterocycles. The van der Waals surface area contributed by atoms with Crippen LogP contribution in [0.25, 0.3) is 64.5 Å². The second kappa shape index (κ2) is 11.6. The minimum Gasteiger partial charge on any atom is -0.459 e. The third-order valence-electron chi connectivity index (χ3n) is 14.5. The molecule has 0 amide bonds. The first-order valence-corrected chi connectivity index (χ1v) is 21.8. The van der Waals surface area contributed by atoms with Crippen molar-refractivity contribution in [1.82, 2.24) is 0 Å². The highest BCUT2D eigenvalue weighted by Gasteiger charge is 2.62. The van der Waals surface area contributed by atoms with Gasteiger partial charge in [-0.2, -0.15) is 0 Å². The minimum absolute atomic E-state index is 0.0996.